The number of ether oxygens (including phenoxy) is 3. The molecule has 0 saturated carbocycles. The van der Waals surface area contributed by atoms with E-state index in [0.29, 0.717) is 35.5 Å². The third kappa shape index (κ3) is 4.74. The van der Waals surface area contributed by atoms with Gasteiger partial charge in [-0.3, -0.25) is 5.32 Å². The predicted molar refractivity (Wildman–Crippen MR) is 122 cm³/mol. The van der Waals surface area contributed by atoms with Crippen LogP contribution in [-0.2, 0) is 19.8 Å². The maximum Gasteiger partial charge on any atom is 0.413 e. The van der Waals surface area contributed by atoms with Gasteiger partial charge in [0.2, 0.25) is 0 Å². The molecule has 3 aromatic heterocycles. The molecule has 1 aliphatic heterocycles. The molecule has 8 nitrogen and oxygen atoms in total. The number of aryl methyl sites for hydroxylation is 1. The summed E-state index contributed by atoms with van der Waals surface area (Å²) in [7, 11) is 1.53. The molecule has 1 amide bonds. The van der Waals surface area contributed by atoms with E-state index in [9.17, 15) is 13.6 Å². The molecular weight excluding hydrogens is 446 g/mol. The fraction of sp³-hybridized carbons (Fsp3) is 0.458. The van der Waals surface area contributed by atoms with Gasteiger partial charge in [0.15, 0.2) is 0 Å². The topological polar surface area (TPSA) is 87.0 Å². The van der Waals surface area contributed by atoms with Crippen molar-refractivity contribution < 1.29 is 27.8 Å². The van der Waals surface area contributed by atoms with Gasteiger partial charge in [0, 0.05) is 43.0 Å². The Morgan fingerprint density at radius 1 is 1.26 bits per heavy atom. The summed E-state index contributed by atoms with van der Waals surface area (Å²) in [5.41, 5.74) is 1.19. The summed E-state index contributed by atoms with van der Waals surface area (Å²) in [4.78, 5) is 21.2. The molecule has 1 atom stereocenters. The minimum absolute atomic E-state index is 0.151. The van der Waals surface area contributed by atoms with Crippen LogP contribution in [0.1, 0.15) is 50.6 Å². The Morgan fingerprint density at radius 3 is 2.65 bits per heavy atom. The van der Waals surface area contributed by atoms with Crippen LogP contribution in [0.3, 0.4) is 0 Å². The molecule has 4 rings (SSSR count). The van der Waals surface area contributed by atoms with E-state index in [1.54, 1.807) is 37.6 Å². The van der Waals surface area contributed by atoms with Gasteiger partial charge in [-0.15, -0.1) is 0 Å². The molecule has 1 aliphatic rings. The van der Waals surface area contributed by atoms with Gasteiger partial charge < -0.3 is 18.6 Å². The monoisotopic (exact) mass is 474 g/mol. The van der Waals surface area contributed by atoms with Crippen LogP contribution >= 0.6 is 0 Å². The fourth-order valence-electron chi connectivity index (χ4n) is 4.00. The van der Waals surface area contributed by atoms with E-state index in [4.69, 9.17) is 19.2 Å². The largest absolute Gasteiger partial charge is 0.444 e. The number of carbonyl (C=O) groups excluding carboxylic acids is 1. The summed E-state index contributed by atoms with van der Waals surface area (Å²) in [6, 6.07) is 6.27. The van der Waals surface area contributed by atoms with Crippen molar-refractivity contribution in [2.45, 2.75) is 51.7 Å². The van der Waals surface area contributed by atoms with Crippen LogP contribution in [0.5, 0.6) is 0 Å². The Kier molecular flexibility index (Phi) is 6.30. The van der Waals surface area contributed by atoms with Crippen molar-refractivity contribution in [2.75, 3.05) is 25.6 Å². The Hall–Kier alpha value is -3.11. The van der Waals surface area contributed by atoms with Gasteiger partial charge in [-0.05, 0) is 45.9 Å². The van der Waals surface area contributed by atoms with Crippen molar-refractivity contribution in [2.24, 2.45) is 0 Å². The number of methoxy groups -OCH3 is 1. The van der Waals surface area contributed by atoms with Crippen LogP contribution in [0.4, 0.5) is 19.4 Å². The van der Waals surface area contributed by atoms with Crippen molar-refractivity contribution >= 4 is 17.4 Å². The lowest BCUT2D eigenvalue weighted by Crippen LogP contribution is -2.30. The maximum atomic E-state index is 13.8. The van der Waals surface area contributed by atoms with Gasteiger partial charge in [-0.25, -0.2) is 23.5 Å². The average Bonchev–Trinajstić information content (AvgIpc) is 3.37. The fourth-order valence-corrected chi connectivity index (χ4v) is 4.00. The zero-order chi connectivity index (χ0) is 24.7. The molecule has 0 aliphatic carbocycles. The highest BCUT2D eigenvalue weighted by atomic mass is 19.3. The number of aromatic nitrogens is 3. The number of nitrogens with one attached hydrogen (secondary N) is 1. The first-order chi connectivity index (χ1) is 16.0. The molecule has 0 spiro atoms. The molecule has 34 heavy (non-hydrogen) atoms. The Balaban J connectivity index is 1.80. The Bertz CT molecular complexity index is 1210. The summed E-state index contributed by atoms with van der Waals surface area (Å²) in [6.07, 6.45) is -1.25. The number of pyridine rings is 1. The third-order valence-electron chi connectivity index (χ3n) is 5.70. The van der Waals surface area contributed by atoms with Gasteiger partial charge in [0.1, 0.15) is 23.3 Å². The number of amides is 1. The Morgan fingerprint density at radius 2 is 2.03 bits per heavy atom. The van der Waals surface area contributed by atoms with Gasteiger partial charge in [0.05, 0.1) is 23.5 Å². The zero-order valence-corrected chi connectivity index (χ0v) is 19.8. The van der Waals surface area contributed by atoms with E-state index in [0.717, 1.165) is 5.69 Å². The highest BCUT2D eigenvalue weighted by molar-refractivity contribution is 5.87. The van der Waals surface area contributed by atoms with Crippen LogP contribution in [0.15, 0.2) is 30.6 Å². The van der Waals surface area contributed by atoms with Crippen molar-refractivity contribution in [3.8, 4) is 11.3 Å². The van der Waals surface area contributed by atoms with Crippen LogP contribution in [0, 0.1) is 6.92 Å². The second-order valence-corrected chi connectivity index (χ2v) is 9.33. The van der Waals surface area contributed by atoms with Crippen LogP contribution in [-0.4, -0.2) is 46.4 Å². The van der Waals surface area contributed by atoms with E-state index < -0.39 is 23.7 Å². The van der Waals surface area contributed by atoms with E-state index in [1.807, 2.05) is 13.0 Å². The maximum absolute atomic E-state index is 13.8. The van der Waals surface area contributed by atoms with Crippen molar-refractivity contribution in [1.29, 1.82) is 0 Å². The van der Waals surface area contributed by atoms with Crippen molar-refractivity contribution in [1.82, 2.24) is 14.4 Å². The number of carbonyl (C=O) groups is 1. The zero-order valence-electron chi connectivity index (χ0n) is 19.8. The smallest absolute Gasteiger partial charge is 0.413 e. The lowest BCUT2D eigenvalue weighted by Gasteiger charge is -2.26. The standard InChI is InChI=1S/C24H28F2N4O4/c1-14-8-16(18-11-20(27-13-30(14)18)29-22(31)34-23(2,3)4)17-9-15(21(25)26)10-19(28-17)24(32-5)6-7-33-12-24/h8-11,13,21H,6-7,12H2,1-5H3,(H,29,31)/t24-/m0/s1. The molecule has 0 bridgehead atoms. The van der Waals surface area contributed by atoms with E-state index >= 15 is 0 Å². The van der Waals surface area contributed by atoms with Crippen molar-refractivity contribution in [3.63, 3.8) is 0 Å². The van der Waals surface area contributed by atoms with E-state index in [2.05, 4.69) is 10.3 Å². The van der Waals surface area contributed by atoms with Crippen LogP contribution < -0.4 is 5.32 Å². The number of hydrogen-bond donors (Lipinski definition) is 1. The number of rotatable bonds is 5. The first-order valence-corrected chi connectivity index (χ1v) is 10.9. The SMILES string of the molecule is CO[C@@]1(c2cc(C(F)F)cc(-c3cc(C)n4cnc(NC(=O)OC(C)(C)C)cc34)n2)CCOC1. The molecule has 3 aromatic rings. The van der Waals surface area contributed by atoms with Gasteiger partial charge in [-0.1, -0.05) is 0 Å². The lowest BCUT2D eigenvalue weighted by atomic mass is 9.95. The molecule has 1 N–H and O–H groups in total. The second-order valence-electron chi connectivity index (χ2n) is 9.33. The highest BCUT2D eigenvalue weighted by Gasteiger charge is 2.39. The molecule has 182 valence electrons. The molecule has 0 radical (unpaired) electrons. The van der Waals surface area contributed by atoms with Crippen molar-refractivity contribution in [3.05, 3.63) is 47.5 Å². The highest BCUT2D eigenvalue weighted by Crippen LogP contribution is 2.37. The number of fused-ring (bicyclic) bond motifs is 1. The van der Waals surface area contributed by atoms with Crippen LogP contribution in [0.2, 0.25) is 0 Å². The number of alkyl halides is 2. The molecule has 0 unspecified atom stereocenters. The molecule has 4 heterocycles. The minimum atomic E-state index is -2.68. The third-order valence-corrected chi connectivity index (χ3v) is 5.70. The number of halogens is 2. The molecule has 0 aromatic carbocycles. The van der Waals surface area contributed by atoms with Gasteiger partial charge in [0.25, 0.3) is 6.43 Å². The summed E-state index contributed by atoms with van der Waals surface area (Å²) in [6.45, 7) is 7.87. The summed E-state index contributed by atoms with van der Waals surface area (Å²) in [5.74, 6) is 0.267. The normalized spacial score (nSPS) is 18.6. The van der Waals surface area contributed by atoms with E-state index in [-0.39, 0.29) is 18.0 Å². The summed E-state index contributed by atoms with van der Waals surface area (Å²) < 4.78 is 46.0. The predicted octanol–water partition coefficient (Wildman–Crippen LogP) is 5.25. The average molecular weight is 475 g/mol. The van der Waals surface area contributed by atoms with Gasteiger partial charge in [-0.2, -0.15) is 0 Å². The van der Waals surface area contributed by atoms with Gasteiger partial charge >= 0.3 is 6.09 Å². The lowest BCUT2D eigenvalue weighted by molar-refractivity contribution is -0.0247. The molecule has 1 saturated heterocycles. The molecule has 1 fully saturated rings. The molecule has 10 heteroatoms. The quantitative estimate of drug-likeness (QED) is 0.543. The number of nitrogens with zero attached hydrogens (tertiary/aromatic N) is 3. The number of hydrogen-bond acceptors (Lipinski definition) is 6. The second kappa shape index (κ2) is 8.92. The first-order valence-electron chi connectivity index (χ1n) is 10.9. The minimum Gasteiger partial charge on any atom is -0.444 e. The summed E-state index contributed by atoms with van der Waals surface area (Å²) >= 11 is 0. The van der Waals surface area contributed by atoms with Crippen LogP contribution in [0.25, 0.3) is 16.8 Å². The molecular formula is C24H28F2N4O4. The first kappa shape index (κ1) is 24.0. The summed E-state index contributed by atoms with van der Waals surface area (Å²) in [5, 5.41) is 2.62. The Labute approximate surface area is 196 Å². The number of anilines is 1. The van der Waals surface area contributed by atoms with E-state index in [1.165, 1.54) is 19.2 Å².